The smallest absolute Gasteiger partial charge is 0.326 e. The minimum Gasteiger partial charge on any atom is -0.480 e. The fourth-order valence-corrected chi connectivity index (χ4v) is 9.06. The zero-order chi connectivity index (χ0) is 72.1. The number of aliphatic imine (C=N–C) groups is 6. The van der Waals surface area contributed by atoms with E-state index in [9.17, 15) is 53.1 Å². The Balaban J connectivity index is 3.89. The van der Waals surface area contributed by atoms with Crippen molar-refractivity contribution in [2.24, 2.45) is 116 Å². The Morgan fingerprint density at radius 3 is 0.896 bits per heavy atom. The first-order valence-corrected chi connectivity index (χ1v) is 31.2. The number of nitrogens with zero attached hydrogens (tertiary/aromatic N) is 6. The molecular formula is C56H103N29O11. The molecule has 40 nitrogen and oxygen atoms in total. The van der Waals surface area contributed by atoms with Gasteiger partial charge < -0.3 is 134 Å². The summed E-state index contributed by atoms with van der Waals surface area (Å²) < 4.78 is 0. The molecule has 0 saturated heterocycles. The maximum atomic E-state index is 14.7. The third-order valence-corrected chi connectivity index (χ3v) is 14.0. The molecule has 0 aromatic heterocycles. The van der Waals surface area contributed by atoms with Gasteiger partial charge in [-0.3, -0.25) is 73.1 Å². The van der Waals surface area contributed by atoms with Gasteiger partial charge in [-0.25, -0.2) is 4.79 Å². The molecule has 1 rings (SSSR count). The lowest BCUT2D eigenvalue weighted by Crippen LogP contribution is -2.60. The highest BCUT2D eigenvalue weighted by Gasteiger charge is 2.35. The topological polar surface area (TPSA) is 752 Å². The molecule has 0 radical (unpaired) electrons. The summed E-state index contributed by atoms with van der Waals surface area (Å²) in [5.41, 5.74) is 84.1. The lowest BCUT2D eigenvalue weighted by atomic mass is 10.0. The number of unbranched alkanes of at least 4 members (excludes halogenated alkanes) is 1. The van der Waals surface area contributed by atoms with Crippen molar-refractivity contribution in [3.05, 3.63) is 35.9 Å². The Hall–Kier alpha value is -10.5. The Bertz CT molecular complexity index is 2820. The van der Waals surface area contributed by atoms with Gasteiger partial charge in [0.05, 0.1) is 6.04 Å². The predicted octanol–water partition coefficient (Wildman–Crippen LogP) is -9.76. The molecule has 96 heavy (non-hydrogen) atoms. The van der Waals surface area contributed by atoms with E-state index in [0.717, 1.165) is 0 Å². The van der Waals surface area contributed by atoms with E-state index in [1.807, 2.05) is 0 Å². The van der Waals surface area contributed by atoms with Crippen molar-refractivity contribution in [1.82, 2.24) is 42.5 Å². The summed E-state index contributed by atoms with van der Waals surface area (Å²) in [5.74, 6) is -11.2. The van der Waals surface area contributed by atoms with Crippen LogP contribution in [0.2, 0.25) is 0 Å². The Morgan fingerprint density at radius 2 is 0.594 bits per heavy atom. The number of carboxylic acids is 1. The van der Waals surface area contributed by atoms with Crippen molar-refractivity contribution >= 4 is 94.9 Å². The Kier molecular flexibility index (Phi) is 41.2. The fourth-order valence-electron chi connectivity index (χ4n) is 9.06. The number of hydrogen-bond donors (Lipinski definition) is 24. The molecule has 0 heterocycles. The normalized spacial score (nSPS) is 13.5. The zero-order valence-electron chi connectivity index (χ0n) is 54.1. The second-order valence-corrected chi connectivity index (χ2v) is 22.1. The minimum atomic E-state index is -1.70. The average molecular weight is 1360 g/mol. The van der Waals surface area contributed by atoms with Crippen LogP contribution < -0.4 is 129 Å². The number of carboxylic acid groups (broad SMARTS) is 1. The lowest BCUT2D eigenvalue weighted by molar-refractivity contribution is -0.142. The molecule has 0 bridgehead atoms. The van der Waals surface area contributed by atoms with Gasteiger partial charge in [-0.1, -0.05) is 30.3 Å². The summed E-state index contributed by atoms with van der Waals surface area (Å²) in [5, 5.41) is 30.8. The first kappa shape index (κ1) is 83.5. The molecule has 9 atom stereocenters. The molecular weight excluding hydrogens is 1250 g/mol. The number of carbonyl (C=O) groups is 10. The van der Waals surface area contributed by atoms with Crippen LogP contribution in [0.4, 0.5) is 0 Å². The molecule has 0 saturated carbocycles. The number of amides is 9. The van der Waals surface area contributed by atoms with Crippen LogP contribution in [0.15, 0.2) is 60.3 Å². The molecule has 0 unspecified atom stereocenters. The zero-order valence-corrected chi connectivity index (χ0v) is 54.1. The molecule has 1 aromatic rings. The van der Waals surface area contributed by atoms with Gasteiger partial charge in [0, 0.05) is 52.1 Å². The van der Waals surface area contributed by atoms with Gasteiger partial charge in [0.2, 0.25) is 53.2 Å². The summed E-state index contributed by atoms with van der Waals surface area (Å²) in [6, 6.07) is -4.48. The summed E-state index contributed by atoms with van der Waals surface area (Å²) in [6.45, 7) is 0.296. The number of guanidine groups is 6. The van der Waals surface area contributed by atoms with E-state index in [-0.39, 0.29) is 165 Å². The second-order valence-electron chi connectivity index (χ2n) is 22.1. The number of nitrogens with two attached hydrogens (primary N) is 15. The van der Waals surface area contributed by atoms with E-state index in [0.29, 0.717) is 24.8 Å². The molecule has 538 valence electrons. The number of aliphatic carboxylic acids is 1. The Morgan fingerprint density at radius 1 is 0.333 bits per heavy atom. The minimum absolute atomic E-state index is 0.0108. The van der Waals surface area contributed by atoms with Crippen LogP contribution in [-0.2, 0) is 54.4 Å². The van der Waals surface area contributed by atoms with Crippen LogP contribution in [0.1, 0.15) is 115 Å². The van der Waals surface area contributed by atoms with Crippen LogP contribution in [0, 0.1) is 0 Å². The third kappa shape index (κ3) is 38.5. The van der Waals surface area contributed by atoms with Gasteiger partial charge in [0.1, 0.15) is 48.3 Å². The highest BCUT2D eigenvalue weighted by Crippen LogP contribution is 2.13. The highest BCUT2D eigenvalue weighted by molar-refractivity contribution is 5.98. The van der Waals surface area contributed by atoms with Gasteiger partial charge in [-0.2, -0.15) is 0 Å². The van der Waals surface area contributed by atoms with Crippen LogP contribution >= 0.6 is 0 Å². The van der Waals surface area contributed by atoms with Crippen molar-refractivity contribution in [2.75, 3.05) is 45.8 Å². The summed E-state index contributed by atoms with van der Waals surface area (Å²) in [4.78, 5) is 163. The molecule has 1 aromatic carbocycles. The van der Waals surface area contributed by atoms with Crippen molar-refractivity contribution in [1.29, 1.82) is 0 Å². The third-order valence-electron chi connectivity index (χ3n) is 14.0. The number of rotatable bonds is 50. The maximum Gasteiger partial charge on any atom is 0.326 e. The number of nitrogens with one attached hydrogen (secondary N) is 8. The van der Waals surface area contributed by atoms with Crippen molar-refractivity contribution < 1.29 is 53.1 Å². The molecule has 0 spiro atoms. The van der Waals surface area contributed by atoms with E-state index < -0.39 is 126 Å². The fraction of sp³-hybridized carbons (Fsp3) is 0.607. The SMILES string of the molecule is NCCCC[C@H](NC(=O)[C@H](N)CCCN=C(N)N)C(=O)N[C@@H](Cc1ccccc1)C(=O)N[C@@H](CCCN=C(N)N)C(=O)N[C@H](CCCN=C(N)N)C(=O)N[C@@H](CCC(N)=O)C(=O)N[C@@H](CCCN=C(N)N)C(=O)N[C@@H](CCCN=C(N)N)C(=O)N[C@H](CCCN=C(N)N)C(=O)O. The quantitative estimate of drug-likeness (QED) is 0.0164. The molecule has 0 aliphatic heterocycles. The average Bonchev–Trinajstić information content (AvgIpc) is 0.875. The largest absolute Gasteiger partial charge is 0.480 e. The number of primary amides is 1. The summed E-state index contributed by atoms with van der Waals surface area (Å²) >= 11 is 0. The molecule has 0 aliphatic carbocycles. The first-order chi connectivity index (χ1) is 45.4. The van der Waals surface area contributed by atoms with Gasteiger partial charge >= 0.3 is 5.97 Å². The van der Waals surface area contributed by atoms with Crippen molar-refractivity contribution in [3.8, 4) is 0 Å². The van der Waals surface area contributed by atoms with Gasteiger partial charge in [0.15, 0.2) is 35.8 Å². The molecule has 0 fully saturated rings. The van der Waals surface area contributed by atoms with Crippen LogP contribution in [0.25, 0.3) is 0 Å². The molecule has 39 N–H and O–H groups in total. The molecule has 9 amide bonds. The van der Waals surface area contributed by atoms with Crippen molar-refractivity contribution in [3.63, 3.8) is 0 Å². The van der Waals surface area contributed by atoms with E-state index in [4.69, 9.17) is 86.0 Å². The number of hydrogen-bond acceptors (Lipinski definition) is 18. The number of carbonyl (C=O) groups excluding carboxylic acids is 9. The van der Waals surface area contributed by atoms with Gasteiger partial charge in [0.25, 0.3) is 0 Å². The standard InChI is InChI=1S/C56H103N29O11/c57-23-5-4-15-33(78-42(87)32(58)14-6-24-72-51(60)61)47(92)85-40(30-31-12-2-1-3-13-31)49(94)82-36(18-9-27-75-54(66)67)44(89)79-35(17-8-26-74-53(64)65)45(90)83-38(21-22-41(59)86)48(93)81-34(16-7-25-73-52(62)63)43(88)80-37(19-10-28-76-55(68)69)46(91)84-39(50(95)96)20-11-29-77-56(70)71/h1-3,12-13,32-40H,4-11,14-30,57-58H2,(H2,59,86)(H,78,87)(H,79,89)(H,80,88)(H,81,93)(H,82,94)(H,83,90)(H,84,91)(H,85,92)(H,95,96)(H4,60,61,72)(H4,62,63,73)(H4,64,65,74)(H4,66,67,75)(H4,68,69,76)(H4,70,71,77)/t32-,33+,34+,35-,36+,37+,38+,39-,40+/m1/s1. The van der Waals surface area contributed by atoms with Crippen molar-refractivity contribution in [2.45, 2.75) is 170 Å². The Labute approximate surface area is 556 Å². The lowest BCUT2D eigenvalue weighted by Gasteiger charge is -2.28. The highest BCUT2D eigenvalue weighted by atomic mass is 16.4. The van der Waals surface area contributed by atoms with E-state index in [2.05, 4.69) is 72.5 Å². The monoisotopic (exact) mass is 1360 g/mol. The number of benzene rings is 1. The summed E-state index contributed by atoms with van der Waals surface area (Å²) in [7, 11) is 0. The van der Waals surface area contributed by atoms with Crippen LogP contribution in [0.5, 0.6) is 0 Å². The summed E-state index contributed by atoms with van der Waals surface area (Å²) in [6.07, 6.45) is -0.338. The van der Waals surface area contributed by atoms with Gasteiger partial charge in [-0.05, 0) is 115 Å². The van der Waals surface area contributed by atoms with Crippen LogP contribution in [0.3, 0.4) is 0 Å². The van der Waals surface area contributed by atoms with E-state index in [1.54, 1.807) is 30.3 Å². The predicted molar refractivity (Wildman–Crippen MR) is 362 cm³/mol. The maximum absolute atomic E-state index is 14.7. The molecule has 0 aliphatic rings. The molecule has 40 heteroatoms. The van der Waals surface area contributed by atoms with E-state index >= 15 is 0 Å². The van der Waals surface area contributed by atoms with Gasteiger partial charge in [-0.15, -0.1) is 0 Å². The van der Waals surface area contributed by atoms with E-state index in [1.165, 1.54) is 0 Å². The first-order valence-electron chi connectivity index (χ1n) is 31.2. The second kappa shape index (κ2) is 47.4. The van der Waals surface area contributed by atoms with Crippen LogP contribution in [-0.4, -0.2) is 200 Å².